The SMILES string of the molecule is CCCC(=O)Oc1ccc(N2CCOCC2=O)cc1. The second-order valence-corrected chi connectivity index (χ2v) is 4.32. The second-order valence-electron chi connectivity index (χ2n) is 4.32. The van der Waals surface area contributed by atoms with Crippen molar-refractivity contribution in [2.45, 2.75) is 19.8 Å². The number of carbonyl (C=O) groups excluding carboxylic acids is 2. The molecule has 1 fully saturated rings. The molecule has 5 heteroatoms. The number of esters is 1. The molecule has 2 rings (SSSR count). The third-order valence-electron chi connectivity index (χ3n) is 2.82. The summed E-state index contributed by atoms with van der Waals surface area (Å²) in [6.45, 7) is 3.13. The summed E-state index contributed by atoms with van der Waals surface area (Å²) in [5.41, 5.74) is 0.795. The molecule has 0 spiro atoms. The number of hydrogen-bond donors (Lipinski definition) is 0. The molecule has 0 bridgehead atoms. The van der Waals surface area contributed by atoms with Crippen LogP contribution in [-0.4, -0.2) is 31.6 Å². The van der Waals surface area contributed by atoms with Gasteiger partial charge in [0.2, 0.25) is 0 Å². The molecule has 5 nitrogen and oxygen atoms in total. The normalized spacial score (nSPS) is 15.4. The summed E-state index contributed by atoms with van der Waals surface area (Å²) in [5.74, 6) is 0.211. The van der Waals surface area contributed by atoms with Crippen LogP contribution in [0.4, 0.5) is 5.69 Å². The minimum atomic E-state index is -0.238. The maximum atomic E-state index is 11.7. The van der Waals surface area contributed by atoms with E-state index in [1.54, 1.807) is 29.2 Å². The minimum Gasteiger partial charge on any atom is -0.427 e. The lowest BCUT2D eigenvalue weighted by atomic mass is 10.2. The Hall–Kier alpha value is -1.88. The Bertz CT molecular complexity index is 455. The molecule has 1 aliphatic rings. The highest BCUT2D eigenvalue weighted by molar-refractivity contribution is 5.94. The smallest absolute Gasteiger partial charge is 0.311 e. The molecule has 0 saturated carbocycles. The summed E-state index contributed by atoms with van der Waals surface area (Å²) < 4.78 is 10.2. The highest BCUT2D eigenvalue weighted by Crippen LogP contribution is 2.21. The van der Waals surface area contributed by atoms with Gasteiger partial charge in [-0.05, 0) is 30.7 Å². The number of ether oxygens (including phenoxy) is 2. The van der Waals surface area contributed by atoms with Crippen molar-refractivity contribution in [3.05, 3.63) is 24.3 Å². The fourth-order valence-corrected chi connectivity index (χ4v) is 1.87. The van der Waals surface area contributed by atoms with Crippen LogP contribution in [0.2, 0.25) is 0 Å². The maximum Gasteiger partial charge on any atom is 0.311 e. The second kappa shape index (κ2) is 6.33. The fourth-order valence-electron chi connectivity index (χ4n) is 1.87. The van der Waals surface area contributed by atoms with Crippen LogP contribution in [0.1, 0.15) is 19.8 Å². The van der Waals surface area contributed by atoms with Gasteiger partial charge in [-0.2, -0.15) is 0 Å². The first kappa shape index (κ1) is 13.5. The van der Waals surface area contributed by atoms with Crippen molar-refractivity contribution < 1.29 is 19.1 Å². The Labute approximate surface area is 112 Å². The van der Waals surface area contributed by atoms with Crippen LogP contribution < -0.4 is 9.64 Å². The van der Waals surface area contributed by atoms with Crippen LogP contribution in [0.3, 0.4) is 0 Å². The Kier molecular flexibility index (Phi) is 4.52. The summed E-state index contributed by atoms with van der Waals surface area (Å²) in [6, 6.07) is 6.95. The third kappa shape index (κ3) is 3.54. The molecule has 102 valence electrons. The number of anilines is 1. The van der Waals surface area contributed by atoms with E-state index in [4.69, 9.17) is 9.47 Å². The number of amides is 1. The summed E-state index contributed by atoms with van der Waals surface area (Å²) in [7, 11) is 0. The minimum absolute atomic E-state index is 0.0537. The highest BCUT2D eigenvalue weighted by atomic mass is 16.5. The van der Waals surface area contributed by atoms with Crippen molar-refractivity contribution in [1.82, 2.24) is 0 Å². The predicted octanol–water partition coefficient (Wildman–Crippen LogP) is 1.76. The van der Waals surface area contributed by atoms with Gasteiger partial charge in [0.15, 0.2) is 0 Å². The predicted molar refractivity (Wildman–Crippen MR) is 70.2 cm³/mol. The molecular weight excluding hydrogens is 246 g/mol. The van der Waals surface area contributed by atoms with Crippen LogP contribution in [0.15, 0.2) is 24.3 Å². The van der Waals surface area contributed by atoms with Crippen LogP contribution >= 0.6 is 0 Å². The highest BCUT2D eigenvalue weighted by Gasteiger charge is 2.20. The van der Waals surface area contributed by atoms with Crippen molar-refractivity contribution in [3.8, 4) is 5.75 Å². The first-order valence-corrected chi connectivity index (χ1v) is 6.39. The maximum absolute atomic E-state index is 11.7. The Morgan fingerprint density at radius 3 is 2.74 bits per heavy atom. The van der Waals surface area contributed by atoms with Gasteiger partial charge in [-0.3, -0.25) is 9.59 Å². The zero-order chi connectivity index (χ0) is 13.7. The van der Waals surface area contributed by atoms with Crippen molar-refractivity contribution in [2.75, 3.05) is 24.7 Å². The van der Waals surface area contributed by atoms with Crippen LogP contribution in [-0.2, 0) is 14.3 Å². The molecule has 1 saturated heterocycles. The summed E-state index contributed by atoms with van der Waals surface area (Å²) in [6.07, 6.45) is 1.17. The molecule has 0 aromatic heterocycles. The zero-order valence-corrected chi connectivity index (χ0v) is 10.9. The van der Waals surface area contributed by atoms with Crippen LogP contribution in [0.5, 0.6) is 5.75 Å². The summed E-state index contributed by atoms with van der Waals surface area (Å²) in [5, 5.41) is 0. The average molecular weight is 263 g/mol. The topological polar surface area (TPSA) is 55.8 Å². The van der Waals surface area contributed by atoms with Gasteiger partial charge in [-0.25, -0.2) is 0 Å². The molecule has 0 unspecified atom stereocenters. The van der Waals surface area contributed by atoms with Crippen molar-refractivity contribution in [2.24, 2.45) is 0 Å². The first-order valence-electron chi connectivity index (χ1n) is 6.39. The van der Waals surface area contributed by atoms with Gasteiger partial charge >= 0.3 is 5.97 Å². The van der Waals surface area contributed by atoms with Crippen molar-refractivity contribution in [1.29, 1.82) is 0 Å². The van der Waals surface area contributed by atoms with Gasteiger partial charge in [-0.1, -0.05) is 6.92 Å². The monoisotopic (exact) mass is 263 g/mol. The first-order chi connectivity index (χ1) is 9.20. The van der Waals surface area contributed by atoms with Gasteiger partial charge in [0.1, 0.15) is 12.4 Å². The van der Waals surface area contributed by atoms with Crippen LogP contribution in [0, 0.1) is 0 Å². The quantitative estimate of drug-likeness (QED) is 0.613. The number of carbonyl (C=O) groups is 2. The molecule has 0 atom stereocenters. The molecule has 1 aromatic rings. The van der Waals surface area contributed by atoms with Gasteiger partial charge in [0.25, 0.3) is 5.91 Å². The molecule has 0 radical (unpaired) electrons. The van der Waals surface area contributed by atoms with E-state index >= 15 is 0 Å². The van der Waals surface area contributed by atoms with Gasteiger partial charge in [0, 0.05) is 18.7 Å². The van der Waals surface area contributed by atoms with E-state index in [0.717, 1.165) is 12.1 Å². The lowest BCUT2D eigenvalue weighted by Gasteiger charge is -2.26. The van der Waals surface area contributed by atoms with E-state index in [9.17, 15) is 9.59 Å². The molecule has 0 N–H and O–H groups in total. The molecule has 1 heterocycles. The summed E-state index contributed by atoms with van der Waals surface area (Å²) in [4.78, 5) is 24.7. The van der Waals surface area contributed by atoms with E-state index in [-0.39, 0.29) is 18.5 Å². The summed E-state index contributed by atoms with van der Waals surface area (Å²) >= 11 is 0. The number of benzene rings is 1. The molecule has 1 aliphatic heterocycles. The standard InChI is InChI=1S/C14H17NO4/c1-2-3-14(17)19-12-6-4-11(5-7-12)15-8-9-18-10-13(15)16/h4-7H,2-3,8-10H2,1H3. The zero-order valence-electron chi connectivity index (χ0n) is 10.9. The van der Waals surface area contributed by atoms with Crippen LogP contribution in [0.25, 0.3) is 0 Å². The lowest BCUT2D eigenvalue weighted by molar-refractivity contribution is -0.134. The number of nitrogens with zero attached hydrogens (tertiary/aromatic N) is 1. The van der Waals surface area contributed by atoms with Gasteiger partial charge in [0.05, 0.1) is 6.61 Å². The number of hydrogen-bond acceptors (Lipinski definition) is 4. The van der Waals surface area contributed by atoms with Crippen molar-refractivity contribution in [3.63, 3.8) is 0 Å². The largest absolute Gasteiger partial charge is 0.427 e. The van der Waals surface area contributed by atoms with E-state index in [2.05, 4.69) is 0 Å². The Morgan fingerprint density at radius 2 is 2.11 bits per heavy atom. The lowest BCUT2D eigenvalue weighted by Crippen LogP contribution is -2.41. The van der Waals surface area contributed by atoms with E-state index in [0.29, 0.717) is 25.3 Å². The molecule has 1 amide bonds. The Balaban J connectivity index is 2.01. The van der Waals surface area contributed by atoms with Gasteiger partial charge < -0.3 is 14.4 Å². The third-order valence-corrected chi connectivity index (χ3v) is 2.82. The van der Waals surface area contributed by atoms with E-state index < -0.39 is 0 Å². The number of morpholine rings is 1. The van der Waals surface area contributed by atoms with E-state index in [1.165, 1.54) is 0 Å². The molecular formula is C14H17NO4. The van der Waals surface area contributed by atoms with Crippen molar-refractivity contribution >= 4 is 17.6 Å². The van der Waals surface area contributed by atoms with E-state index in [1.807, 2.05) is 6.92 Å². The average Bonchev–Trinajstić information content (AvgIpc) is 2.41. The fraction of sp³-hybridized carbons (Fsp3) is 0.429. The number of rotatable bonds is 4. The molecule has 0 aliphatic carbocycles. The Morgan fingerprint density at radius 1 is 1.37 bits per heavy atom. The molecule has 1 aromatic carbocycles. The van der Waals surface area contributed by atoms with Gasteiger partial charge in [-0.15, -0.1) is 0 Å². The molecule has 19 heavy (non-hydrogen) atoms.